The summed E-state index contributed by atoms with van der Waals surface area (Å²) in [6.07, 6.45) is 11.2. The largest absolute Gasteiger partial charge is 0.434 e. The molecule has 0 radical (unpaired) electrons. The van der Waals surface area contributed by atoms with E-state index in [0.717, 1.165) is 66.9 Å². The molecule has 10 nitrogen and oxygen atoms in total. The maximum absolute atomic E-state index is 11.8. The predicted octanol–water partition coefficient (Wildman–Crippen LogP) is 4.12. The van der Waals surface area contributed by atoms with E-state index in [0.29, 0.717) is 24.8 Å². The first kappa shape index (κ1) is 24.1. The molecule has 39 heavy (non-hydrogen) atoms. The topological polar surface area (TPSA) is 115 Å². The van der Waals surface area contributed by atoms with Gasteiger partial charge in [0.2, 0.25) is 11.8 Å². The molecule has 0 amide bonds. The second kappa shape index (κ2) is 9.06. The third-order valence-corrected chi connectivity index (χ3v) is 8.75. The second-order valence-electron chi connectivity index (χ2n) is 11.3. The van der Waals surface area contributed by atoms with Gasteiger partial charge in [0, 0.05) is 24.1 Å². The molecule has 2 saturated carbocycles. The summed E-state index contributed by atoms with van der Waals surface area (Å²) in [6.45, 7) is 6.27. The van der Waals surface area contributed by atoms with Gasteiger partial charge in [0.1, 0.15) is 11.2 Å². The summed E-state index contributed by atoms with van der Waals surface area (Å²) in [5, 5.41) is 6.32. The van der Waals surface area contributed by atoms with E-state index in [9.17, 15) is 4.79 Å². The second-order valence-corrected chi connectivity index (χ2v) is 11.3. The fourth-order valence-corrected chi connectivity index (χ4v) is 6.52. The molecule has 2 aliphatic carbocycles. The van der Waals surface area contributed by atoms with Crippen molar-refractivity contribution in [1.29, 1.82) is 0 Å². The Kier molecular flexibility index (Phi) is 5.60. The molecule has 1 aromatic carbocycles. The van der Waals surface area contributed by atoms with Crippen LogP contribution in [0.1, 0.15) is 50.6 Å². The zero-order valence-electron chi connectivity index (χ0n) is 22.2. The van der Waals surface area contributed by atoms with E-state index in [4.69, 9.17) is 30.5 Å². The number of imidazole rings is 1. The fourth-order valence-electron chi connectivity index (χ4n) is 6.52. The molecule has 3 aliphatic rings. The number of terminal acetylenes is 1. The monoisotopic (exact) mass is 525 g/mol. The molecule has 200 valence electrons. The number of fused-ring (bicyclic) bond motifs is 1. The molecular formula is C29H31N7O3. The van der Waals surface area contributed by atoms with E-state index in [1.807, 2.05) is 6.07 Å². The molecular weight excluding hydrogens is 494 g/mol. The van der Waals surface area contributed by atoms with Crippen molar-refractivity contribution in [3.8, 4) is 35.3 Å². The van der Waals surface area contributed by atoms with Crippen molar-refractivity contribution in [1.82, 2.24) is 29.7 Å². The molecule has 2 atom stereocenters. The standard InChI is InChI=1S/C29H31N7O3/c1-4-19-8-10-29(11-9-19)15-21(29)36-23-22(20-7-5-6-17(2)14-20)30-25(26-33-34-28(37)39-26)31-24(23)32-27(36)35-12-13-38-16-18(35)3/h1,5-7,14,18-19,21H,8-13,15-16H2,2-3H3,(H,34,37)/t18-,19?,21?,29?/m0/s1. The van der Waals surface area contributed by atoms with Crippen LogP contribution in [0.4, 0.5) is 5.95 Å². The summed E-state index contributed by atoms with van der Waals surface area (Å²) < 4.78 is 13.4. The summed E-state index contributed by atoms with van der Waals surface area (Å²) in [6, 6.07) is 8.70. The number of hydrogen-bond donors (Lipinski definition) is 1. The number of benzene rings is 1. The highest BCUT2D eigenvalue weighted by molar-refractivity contribution is 5.91. The van der Waals surface area contributed by atoms with Crippen LogP contribution in [0.25, 0.3) is 34.1 Å². The molecule has 3 fully saturated rings. The molecule has 1 N–H and O–H groups in total. The first-order valence-electron chi connectivity index (χ1n) is 13.7. The first-order valence-corrected chi connectivity index (χ1v) is 13.7. The molecule has 3 aromatic heterocycles. The van der Waals surface area contributed by atoms with Gasteiger partial charge in [0.05, 0.1) is 19.3 Å². The van der Waals surface area contributed by atoms with Gasteiger partial charge in [-0.05, 0) is 57.4 Å². The fraction of sp³-hybridized carbons (Fsp3) is 0.483. The number of nitrogens with one attached hydrogen (secondary N) is 1. The number of morpholine rings is 1. The summed E-state index contributed by atoms with van der Waals surface area (Å²) in [5.74, 6) is 3.86. The molecule has 4 aromatic rings. The number of H-pyrrole nitrogens is 1. The number of aromatic nitrogens is 6. The molecule has 1 unspecified atom stereocenters. The maximum Gasteiger partial charge on any atom is 0.434 e. The van der Waals surface area contributed by atoms with Crippen LogP contribution < -0.4 is 10.7 Å². The number of aryl methyl sites for hydroxylation is 1. The van der Waals surface area contributed by atoms with Gasteiger partial charge < -0.3 is 18.6 Å². The summed E-state index contributed by atoms with van der Waals surface area (Å²) in [4.78, 5) is 29.0. The van der Waals surface area contributed by atoms with E-state index in [-0.39, 0.29) is 29.2 Å². The molecule has 10 heteroatoms. The number of anilines is 1. The number of nitrogens with zero attached hydrogens (tertiary/aromatic N) is 6. The zero-order valence-corrected chi connectivity index (χ0v) is 22.2. The lowest BCUT2D eigenvalue weighted by atomic mass is 9.79. The van der Waals surface area contributed by atoms with Crippen molar-refractivity contribution in [2.45, 2.75) is 58.0 Å². The van der Waals surface area contributed by atoms with Crippen LogP contribution in [0.15, 0.2) is 33.5 Å². The van der Waals surface area contributed by atoms with Crippen LogP contribution >= 0.6 is 0 Å². The van der Waals surface area contributed by atoms with Crippen LogP contribution in [0, 0.1) is 30.6 Å². The average Bonchev–Trinajstić information content (AvgIpc) is 3.25. The van der Waals surface area contributed by atoms with Gasteiger partial charge in [-0.3, -0.25) is 0 Å². The molecule has 4 heterocycles. The Labute approximate surface area is 225 Å². The van der Waals surface area contributed by atoms with Crippen molar-refractivity contribution < 1.29 is 9.15 Å². The van der Waals surface area contributed by atoms with E-state index >= 15 is 0 Å². The molecule has 1 spiro atoms. The molecule has 1 aliphatic heterocycles. The smallest absolute Gasteiger partial charge is 0.384 e. The summed E-state index contributed by atoms with van der Waals surface area (Å²) >= 11 is 0. The normalized spacial score (nSPS) is 26.7. The lowest BCUT2D eigenvalue weighted by molar-refractivity contribution is 0.0976. The van der Waals surface area contributed by atoms with Crippen molar-refractivity contribution in [3.05, 3.63) is 40.4 Å². The highest BCUT2D eigenvalue weighted by Gasteiger charge is 2.57. The lowest BCUT2D eigenvalue weighted by Gasteiger charge is -2.35. The van der Waals surface area contributed by atoms with Crippen LogP contribution in [-0.2, 0) is 4.74 Å². The van der Waals surface area contributed by atoms with Gasteiger partial charge in [-0.1, -0.05) is 23.8 Å². The quantitative estimate of drug-likeness (QED) is 0.396. The Morgan fingerprint density at radius 3 is 2.77 bits per heavy atom. The van der Waals surface area contributed by atoms with Crippen LogP contribution in [0.2, 0.25) is 0 Å². The van der Waals surface area contributed by atoms with E-state index in [1.165, 1.54) is 0 Å². The van der Waals surface area contributed by atoms with Gasteiger partial charge in [0.25, 0.3) is 5.89 Å². The van der Waals surface area contributed by atoms with Crippen molar-refractivity contribution in [3.63, 3.8) is 0 Å². The van der Waals surface area contributed by atoms with Gasteiger partial charge >= 0.3 is 5.76 Å². The molecule has 1 saturated heterocycles. The van der Waals surface area contributed by atoms with Gasteiger partial charge in [-0.15, -0.1) is 17.4 Å². The third-order valence-electron chi connectivity index (χ3n) is 8.75. The zero-order chi connectivity index (χ0) is 26.7. The Morgan fingerprint density at radius 2 is 2.05 bits per heavy atom. The Bertz CT molecular complexity index is 1650. The van der Waals surface area contributed by atoms with Crippen LogP contribution in [0.3, 0.4) is 0 Å². The summed E-state index contributed by atoms with van der Waals surface area (Å²) in [7, 11) is 0. The lowest BCUT2D eigenvalue weighted by Crippen LogP contribution is -2.45. The number of ether oxygens (including phenoxy) is 1. The average molecular weight is 526 g/mol. The highest BCUT2D eigenvalue weighted by atomic mass is 16.5. The van der Waals surface area contributed by atoms with Crippen molar-refractivity contribution in [2.24, 2.45) is 11.3 Å². The van der Waals surface area contributed by atoms with Crippen molar-refractivity contribution >= 4 is 17.1 Å². The van der Waals surface area contributed by atoms with E-state index in [1.54, 1.807) is 0 Å². The minimum atomic E-state index is -0.651. The third kappa shape index (κ3) is 4.03. The van der Waals surface area contributed by atoms with Gasteiger partial charge in [-0.2, -0.15) is 4.98 Å². The Morgan fingerprint density at radius 1 is 1.21 bits per heavy atom. The highest BCUT2D eigenvalue weighted by Crippen LogP contribution is 2.66. The first-order chi connectivity index (χ1) is 19.0. The van der Waals surface area contributed by atoms with Crippen LogP contribution in [-0.4, -0.2) is 55.5 Å². The van der Waals surface area contributed by atoms with Gasteiger partial charge in [0.15, 0.2) is 5.65 Å². The minimum Gasteiger partial charge on any atom is -0.384 e. The maximum atomic E-state index is 11.8. The Hall–Kier alpha value is -3.97. The number of aromatic amines is 1. The molecule has 0 bridgehead atoms. The number of rotatable bonds is 4. The van der Waals surface area contributed by atoms with E-state index < -0.39 is 5.76 Å². The molecule has 7 rings (SSSR count). The SMILES string of the molecule is C#CC1CCC2(CC1)CC2n1c(N2CCOC[C@@H]2C)nc2nc(-c3n[nH]c(=O)o3)nc(-c3cccc(C)c3)c21. The van der Waals surface area contributed by atoms with E-state index in [2.05, 4.69) is 57.6 Å². The van der Waals surface area contributed by atoms with Crippen molar-refractivity contribution in [2.75, 3.05) is 24.7 Å². The number of hydrogen-bond acceptors (Lipinski definition) is 8. The minimum absolute atomic E-state index is 0.0437. The van der Waals surface area contributed by atoms with Crippen LogP contribution in [0.5, 0.6) is 0 Å². The Balaban J connectivity index is 1.46. The predicted molar refractivity (Wildman–Crippen MR) is 146 cm³/mol. The van der Waals surface area contributed by atoms with Gasteiger partial charge in [-0.25, -0.2) is 19.9 Å². The summed E-state index contributed by atoms with van der Waals surface area (Å²) in [5.41, 5.74) is 4.50.